The molecule has 0 fully saturated rings. The van der Waals surface area contributed by atoms with E-state index in [2.05, 4.69) is 19.9 Å². The summed E-state index contributed by atoms with van der Waals surface area (Å²) in [6.45, 7) is 8.78. The molecule has 5 nitrogen and oxygen atoms in total. The lowest BCUT2D eigenvalue weighted by Gasteiger charge is -2.19. The molecule has 0 aliphatic rings. The summed E-state index contributed by atoms with van der Waals surface area (Å²) in [6, 6.07) is 21.5. The first kappa shape index (κ1) is 25.5. The summed E-state index contributed by atoms with van der Waals surface area (Å²) in [6.07, 6.45) is 0.625. The van der Waals surface area contributed by atoms with Crippen LogP contribution < -0.4 is 14.2 Å². The Bertz CT molecular complexity index is 1080. The molecule has 0 bridgehead atoms. The van der Waals surface area contributed by atoms with Crippen LogP contribution in [0.4, 0.5) is 0 Å². The molecule has 0 amide bonds. The minimum atomic E-state index is -0.824. The van der Waals surface area contributed by atoms with Gasteiger partial charge in [0.1, 0.15) is 11.5 Å². The molecule has 0 radical (unpaired) electrons. The summed E-state index contributed by atoms with van der Waals surface area (Å²) < 4.78 is 18.3. The predicted octanol–water partition coefficient (Wildman–Crippen LogP) is 7.32. The van der Waals surface area contributed by atoms with E-state index in [4.69, 9.17) is 19.3 Å². The summed E-state index contributed by atoms with van der Waals surface area (Å²) >= 11 is 1.31. The summed E-state index contributed by atoms with van der Waals surface area (Å²) in [5, 5.41) is 8.86. The van der Waals surface area contributed by atoms with Crippen molar-refractivity contribution < 1.29 is 24.1 Å². The van der Waals surface area contributed by atoms with E-state index in [1.165, 1.54) is 17.3 Å². The molecule has 1 atom stereocenters. The van der Waals surface area contributed by atoms with Gasteiger partial charge < -0.3 is 19.3 Å². The number of benzene rings is 3. The zero-order chi connectivity index (χ0) is 24.5. The van der Waals surface area contributed by atoms with E-state index in [-0.39, 0.29) is 11.9 Å². The van der Waals surface area contributed by atoms with Crippen LogP contribution in [0.2, 0.25) is 0 Å². The maximum absolute atomic E-state index is 10.8. The van der Waals surface area contributed by atoms with Gasteiger partial charge in [0.05, 0.1) is 18.5 Å². The van der Waals surface area contributed by atoms with Crippen molar-refractivity contribution in [3.63, 3.8) is 0 Å². The zero-order valence-electron chi connectivity index (χ0n) is 20.1. The smallest absolute Gasteiger partial charge is 0.313 e. The largest absolute Gasteiger partial charge is 0.493 e. The van der Waals surface area contributed by atoms with Gasteiger partial charge in [-0.25, -0.2) is 0 Å². The Balaban J connectivity index is 1.58. The number of rotatable bonds is 12. The van der Waals surface area contributed by atoms with Crippen LogP contribution in [0.3, 0.4) is 0 Å². The van der Waals surface area contributed by atoms with Crippen LogP contribution in [-0.2, 0) is 4.79 Å². The van der Waals surface area contributed by atoms with Crippen LogP contribution in [0.5, 0.6) is 23.0 Å². The van der Waals surface area contributed by atoms with Gasteiger partial charge in [0.15, 0.2) is 11.5 Å². The van der Waals surface area contributed by atoms with Crippen molar-refractivity contribution >= 4 is 17.7 Å². The molecule has 3 aromatic carbocycles. The molecule has 0 unspecified atom stereocenters. The lowest BCUT2D eigenvalue weighted by Crippen LogP contribution is -2.16. The summed E-state index contributed by atoms with van der Waals surface area (Å²) in [5.41, 5.74) is 2.19. The molecule has 0 heterocycles. The summed E-state index contributed by atoms with van der Waals surface area (Å²) in [5.74, 6) is 2.55. The highest BCUT2D eigenvalue weighted by Crippen LogP contribution is 2.35. The Kier molecular flexibility index (Phi) is 9.28. The molecule has 3 rings (SSSR count). The normalized spacial score (nSPS) is 11.8. The Morgan fingerprint density at radius 3 is 2.38 bits per heavy atom. The number of carboxylic acids is 1. The van der Waals surface area contributed by atoms with E-state index in [9.17, 15) is 4.79 Å². The van der Waals surface area contributed by atoms with Gasteiger partial charge in [-0.15, -0.1) is 11.8 Å². The van der Waals surface area contributed by atoms with E-state index in [1.807, 2.05) is 74.5 Å². The van der Waals surface area contributed by atoms with Gasteiger partial charge in [0, 0.05) is 11.3 Å². The highest BCUT2D eigenvalue weighted by atomic mass is 32.2. The Hall–Kier alpha value is -3.12. The van der Waals surface area contributed by atoms with E-state index < -0.39 is 5.97 Å². The van der Waals surface area contributed by atoms with E-state index in [0.29, 0.717) is 30.4 Å². The van der Waals surface area contributed by atoms with Crippen LogP contribution >= 0.6 is 11.8 Å². The van der Waals surface area contributed by atoms with Gasteiger partial charge in [-0.1, -0.05) is 38.1 Å². The number of thioether (sulfide) groups is 1. The average molecular weight is 481 g/mol. The maximum Gasteiger partial charge on any atom is 0.313 e. The lowest BCUT2D eigenvalue weighted by atomic mass is 10.0. The third-order valence-corrected chi connectivity index (χ3v) is 6.38. The number of ether oxygens (including phenoxy) is 3. The first-order chi connectivity index (χ1) is 16.3. The molecule has 0 aromatic heterocycles. The van der Waals surface area contributed by atoms with Crippen LogP contribution in [0.1, 0.15) is 44.2 Å². The first-order valence-electron chi connectivity index (χ1n) is 11.4. The van der Waals surface area contributed by atoms with Crippen LogP contribution in [0.15, 0.2) is 71.6 Å². The first-order valence-corrected chi connectivity index (χ1v) is 12.4. The SMILES string of the molecule is Cc1cc(OCC[C@@H](C)Oc2ccc(C(C)C)cc2Oc2ccccc2)ccc1SCC(=O)O. The topological polar surface area (TPSA) is 65.0 Å². The highest BCUT2D eigenvalue weighted by Gasteiger charge is 2.14. The molecular weight excluding hydrogens is 448 g/mol. The standard InChI is InChI=1S/C28H32O5S/c1-19(2)22-10-12-25(26(17-22)33-23-8-6-5-7-9-23)32-21(4)14-15-31-24-11-13-27(20(3)16-24)34-18-28(29)30/h5-13,16-17,19,21H,14-15,18H2,1-4H3,(H,29,30)/t21-/m1/s1. The number of carboxylic acid groups (broad SMARTS) is 1. The predicted molar refractivity (Wildman–Crippen MR) is 137 cm³/mol. The Morgan fingerprint density at radius 2 is 1.71 bits per heavy atom. The van der Waals surface area contributed by atoms with E-state index >= 15 is 0 Å². The van der Waals surface area contributed by atoms with E-state index in [0.717, 1.165) is 22.0 Å². The fourth-order valence-electron chi connectivity index (χ4n) is 3.31. The second-order valence-corrected chi connectivity index (χ2v) is 9.47. The molecular formula is C28H32O5S. The summed E-state index contributed by atoms with van der Waals surface area (Å²) in [7, 11) is 0. The highest BCUT2D eigenvalue weighted by molar-refractivity contribution is 8.00. The van der Waals surface area contributed by atoms with Gasteiger partial charge in [-0.05, 0) is 73.4 Å². The second kappa shape index (κ2) is 12.4. The molecule has 34 heavy (non-hydrogen) atoms. The number of para-hydroxylation sites is 1. The van der Waals surface area contributed by atoms with Gasteiger partial charge in [0.2, 0.25) is 0 Å². The van der Waals surface area contributed by atoms with Crippen LogP contribution in [0, 0.1) is 6.92 Å². The molecule has 0 saturated heterocycles. The number of aryl methyl sites for hydroxylation is 1. The molecule has 1 N–H and O–H groups in total. The average Bonchev–Trinajstić information content (AvgIpc) is 2.80. The fourth-order valence-corrected chi connectivity index (χ4v) is 4.04. The molecule has 3 aromatic rings. The van der Waals surface area contributed by atoms with Crippen molar-refractivity contribution in [2.75, 3.05) is 12.4 Å². The summed E-state index contributed by atoms with van der Waals surface area (Å²) in [4.78, 5) is 11.7. The minimum absolute atomic E-state index is 0.0457. The van der Waals surface area contributed by atoms with Crippen molar-refractivity contribution in [2.24, 2.45) is 0 Å². The monoisotopic (exact) mass is 480 g/mol. The Labute approximate surface area is 206 Å². The number of hydrogen-bond donors (Lipinski definition) is 1. The third kappa shape index (κ3) is 7.73. The molecule has 180 valence electrons. The maximum atomic E-state index is 10.8. The number of carbonyl (C=O) groups is 1. The number of hydrogen-bond acceptors (Lipinski definition) is 5. The molecule has 0 aliphatic heterocycles. The molecule has 0 spiro atoms. The van der Waals surface area contributed by atoms with Gasteiger partial charge >= 0.3 is 5.97 Å². The zero-order valence-corrected chi connectivity index (χ0v) is 20.9. The van der Waals surface area contributed by atoms with Crippen molar-refractivity contribution in [1.82, 2.24) is 0 Å². The van der Waals surface area contributed by atoms with Crippen LogP contribution in [-0.4, -0.2) is 29.5 Å². The van der Waals surface area contributed by atoms with Crippen molar-refractivity contribution in [2.45, 2.75) is 51.0 Å². The number of aliphatic carboxylic acids is 1. The van der Waals surface area contributed by atoms with Crippen molar-refractivity contribution in [3.8, 4) is 23.0 Å². The van der Waals surface area contributed by atoms with E-state index in [1.54, 1.807) is 0 Å². The van der Waals surface area contributed by atoms with Gasteiger partial charge in [0.25, 0.3) is 0 Å². The molecule has 0 saturated carbocycles. The Morgan fingerprint density at radius 1 is 0.941 bits per heavy atom. The van der Waals surface area contributed by atoms with Crippen LogP contribution in [0.25, 0.3) is 0 Å². The second-order valence-electron chi connectivity index (χ2n) is 8.45. The minimum Gasteiger partial charge on any atom is -0.493 e. The molecule has 0 aliphatic carbocycles. The van der Waals surface area contributed by atoms with Gasteiger partial charge in [-0.2, -0.15) is 0 Å². The fraction of sp³-hybridized carbons (Fsp3) is 0.321. The molecule has 6 heteroatoms. The lowest BCUT2D eigenvalue weighted by molar-refractivity contribution is -0.133. The quantitative estimate of drug-likeness (QED) is 0.274. The van der Waals surface area contributed by atoms with Gasteiger partial charge in [-0.3, -0.25) is 4.79 Å². The van der Waals surface area contributed by atoms with Crippen molar-refractivity contribution in [1.29, 1.82) is 0 Å². The van der Waals surface area contributed by atoms with Crippen molar-refractivity contribution in [3.05, 3.63) is 77.9 Å². The third-order valence-electron chi connectivity index (χ3n) is 5.22.